The van der Waals surface area contributed by atoms with E-state index in [1.54, 1.807) is 0 Å². The Labute approximate surface area is 217 Å². The molecule has 0 spiro atoms. The van der Waals surface area contributed by atoms with Crippen LogP contribution in [0, 0.1) is 0 Å². The van der Waals surface area contributed by atoms with Crippen molar-refractivity contribution >= 4 is 23.2 Å². The molecule has 2 unspecified atom stereocenters. The van der Waals surface area contributed by atoms with Crippen molar-refractivity contribution in [1.29, 1.82) is 0 Å². The molecular weight excluding hydrogens is 490 g/mol. The van der Waals surface area contributed by atoms with Gasteiger partial charge in [0.25, 0.3) is 0 Å². The second-order valence-corrected chi connectivity index (χ2v) is 8.76. The Bertz CT molecular complexity index is 398. The van der Waals surface area contributed by atoms with Gasteiger partial charge in [-0.2, -0.15) is 0 Å². The van der Waals surface area contributed by atoms with Gasteiger partial charge in [-0.15, -0.1) is 4.94 Å². The van der Waals surface area contributed by atoms with Gasteiger partial charge < -0.3 is 28.4 Å². The summed E-state index contributed by atoms with van der Waals surface area (Å²) in [6.45, 7) is 11.2. The van der Waals surface area contributed by atoms with Crippen LogP contribution in [0.5, 0.6) is 0 Å². The standard InChI is InChI=1S/C21H43FO5.C3H6Cl2O2/c1-5-9-15-23-16-12-13-19-26-21(27-22,25-18-11-7-3)20(14-8-4)24-17-10-6-2;1-6-2-7-3(4)5/h20H,5-19H2,1-4H3;3H,2H2,1H3. The zero-order valence-electron chi connectivity index (χ0n) is 22.0. The zero-order chi connectivity index (χ0) is 25.9. The number of hydrogen-bond acceptors (Lipinski definition) is 7. The van der Waals surface area contributed by atoms with Gasteiger partial charge >= 0.3 is 5.97 Å². The van der Waals surface area contributed by atoms with E-state index in [2.05, 4.69) is 35.2 Å². The largest absolute Gasteiger partial charge is 0.381 e. The highest BCUT2D eigenvalue weighted by Gasteiger charge is 2.45. The number of unbranched alkanes of at least 4 members (excludes halogenated alkanes) is 4. The molecule has 0 heterocycles. The molecule has 7 nitrogen and oxygen atoms in total. The van der Waals surface area contributed by atoms with Crippen molar-refractivity contribution in [2.45, 2.75) is 109 Å². The van der Waals surface area contributed by atoms with Crippen molar-refractivity contribution in [3.8, 4) is 0 Å². The second-order valence-electron chi connectivity index (χ2n) is 7.74. The van der Waals surface area contributed by atoms with Gasteiger partial charge in [-0.1, -0.05) is 76.6 Å². The summed E-state index contributed by atoms with van der Waals surface area (Å²) in [5.74, 6) is -1.78. The number of methoxy groups -OCH3 is 1. The van der Waals surface area contributed by atoms with Crippen molar-refractivity contribution < 1.29 is 37.9 Å². The van der Waals surface area contributed by atoms with E-state index in [-0.39, 0.29) is 6.79 Å². The van der Waals surface area contributed by atoms with Crippen LogP contribution >= 0.6 is 23.2 Å². The summed E-state index contributed by atoms with van der Waals surface area (Å²) >= 11 is 10.2. The van der Waals surface area contributed by atoms with E-state index < -0.39 is 17.1 Å². The van der Waals surface area contributed by atoms with Crippen LogP contribution in [0.2, 0.25) is 0 Å². The molecule has 208 valence electrons. The quantitative estimate of drug-likeness (QED) is 0.0723. The number of rotatable bonds is 24. The monoisotopic (exact) mass is 538 g/mol. The molecule has 0 radical (unpaired) electrons. The van der Waals surface area contributed by atoms with E-state index in [0.717, 1.165) is 64.4 Å². The highest BCUT2D eigenvalue weighted by molar-refractivity contribution is 6.43. The normalized spacial score (nSPS) is 14.0. The molecule has 0 saturated carbocycles. The lowest BCUT2D eigenvalue weighted by Crippen LogP contribution is -2.50. The van der Waals surface area contributed by atoms with Crippen LogP contribution in [0.4, 0.5) is 4.53 Å². The molecule has 0 aliphatic carbocycles. The number of ether oxygens (including phenoxy) is 6. The lowest BCUT2D eigenvalue weighted by Gasteiger charge is -2.35. The molecule has 0 fully saturated rings. The minimum atomic E-state index is -1.78. The van der Waals surface area contributed by atoms with Crippen LogP contribution in [-0.4, -0.2) is 64.0 Å². The van der Waals surface area contributed by atoms with E-state index in [9.17, 15) is 4.53 Å². The maximum absolute atomic E-state index is 13.7. The number of halogens is 3. The van der Waals surface area contributed by atoms with Crippen molar-refractivity contribution in [3.63, 3.8) is 0 Å². The van der Waals surface area contributed by atoms with Gasteiger partial charge in [0.15, 0.2) is 0 Å². The number of alkyl halides is 2. The predicted molar refractivity (Wildman–Crippen MR) is 135 cm³/mol. The maximum Gasteiger partial charge on any atom is 0.344 e. The van der Waals surface area contributed by atoms with Crippen molar-refractivity contribution in [1.82, 2.24) is 0 Å². The Hall–Kier alpha value is 0.230. The lowest BCUT2D eigenvalue weighted by atomic mass is 10.1. The first-order chi connectivity index (χ1) is 16.5. The van der Waals surface area contributed by atoms with Crippen LogP contribution in [0.25, 0.3) is 0 Å². The summed E-state index contributed by atoms with van der Waals surface area (Å²) in [5.41, 5.74) is 0. The van der Waals surface area contributed by atoms with E-state index in [4.69, 9.17) is 42.1 Å². The Kier molecular flexibility index (Phi) is 29.8. The van der Waals surface area contributed by atoms with E-state index in [0.29, 0.717) is 32.8 Å². The molecule has 0 N–H and O–H groups in total. The molecule has 2 atom stereocenters. The highest BCUT2D eigenvalue weighted by Crippen LogP contribution is 2.28. The van der Waals surface area contributed by atoms with Gasteiger partial charge in [-0.05, 0) is 43.1 Å². The van der Waals surface area contributed by atoms with Gasteiger partial charge in [0.2, 0.25) is 5.02 Å². The minimum absolute atomic E-state index is 0.137. The summed E-state index contributed by atoms with van der Waals surface area (Å²) in [7, 11) is 1.50. The summed E-state index contributed by atoms with van der Waals surface area (Å²) in [6.07, 6.45) is 8.35. The second kappa shape index (κ2) is 27.8. The van der Waals surface area contributed by atoms with E-state index in [1.807, 2.05) is 6.92 Å². The molecule has 0 rings (SSSR count). The minimum Gasteiger partial charge on any atom is -0.381 e. The van der Waals surface area contributed by atoms with Crippen LogP contribution in [0.15, 0.2) is 0 Å². The molecule has 10 heteroatoms. The maximum atomic E-state index is 13.7. The summed E-state index contributed by atoms with van der Waals surface area (Å²) in [6, 6.07) is 0. The fourth-order valence-corrected chi connectivity index (χ4v) is 2.77. The lowest BCUT2D eigenvalue weighted by molar-refractivity contribution is -0.480. The Balaban J connectivity index is 0. The highest BCUT2D eigenvalue weighted by atomic mass is 35.5. The molecule has 0 aliphatic heterocycles. The summed E-state index contributed by atoms with van der Waals surface area (Å²) in [5, 5.41) is -0.778. The smallest absolute Gasteiger partial charge is 0.344 e. The Morgan fingerprint density at radius 3 is 1.74 bits per heavy atom. The van der Waals surface area contributed by atoms with Gasteiger partial charge in [-0.3, -0.25) is 0 Å². The molecule has 0 aliphatic rings. The zero-order valence-corrected chi connectivity index (χ0v) is 23.5. The SMILES string of the molecule is CCCCOCCCCOC(OF)(OCCCC)C(CCC)OCCCC.COCOC(Cl)Cl. The van der Waals surface area contributed by atoms with Gasteiger partial charge in [-0.25, -0.2) is 0 Å². The average Bonchev–Trinajstić information content (AvgIpc) is 2.83. The van der Waals surface area contributed by atoms with E-state index in [1.165, 1.54) is 7.11 Å². The Morgan fingerprint density at radius 2 is 1.24 bits per heavy atom. The van der Waals surface area contributed by atoms with Gasteiger partial charge in [0.1, 0.15) is 12.9 Å². The molecule has 0 bridgehead atoms. The molecule has 0 aromatic heterocycles. The molecule has 34 heavy (non-hydrogen) atoms. The fraction of sp³-hybridized carbons (Fsp3) is 1.00. The molecule has 0 saturated heterocycles. The molecule has 0 aromatic rings. The van der Waals surface area contributed by atoms with Crippen LogP contribution in [0.3, 0.4) is 0 Å². The third-order valence-electron chi connectivity index (χ3n) is 4.61. The predicted octanol–water partition coefficient (Wildman–Crippen LogP) is 7.33. The first kappa shape index (κ1) is 36.4. The van der Waals surface area contributed by atoms with Crippen molar-refractivity contribution in [3.05, 3.63) is 0 Å². The summed E-state index contributed by atoms with van der Waals surface area (Å²) < 4.78 is 45.6. The third kappa shape index (κ3) is 21.5. The Morgan fingerprint density at radius 1 is 0.706 bits per heavy atom. The van der Waals surface area contributed by atoms with Crippen LogP contribution < -0.4 is 0 Å². The fourth-order valence-electron chi connectivity index (χ4n) is 2.66. The topological polar surface area (TPSA) is 64.6 Å². The molecular formula is C24H49Cl2FO7. The first-order valence-electron chi connectivity index (χ1n) is 12.6. The van der Waals surface area contributed by atoms with Crippen LogP contribution in [-0.2, 0) is 33.4 Å². The van der Waals surface area contributed by atoms with Crippen LogP contribution in [0.1, 0.15) is 91.9 Å². The van der Waals surface area contributed by atoms with Crippen molar-refractivity contribution in [2.75, 3.05) is 46.9 Å². The van der Waals surface area contributed by atoms with Gasteiger partial charge in [0, 0.05) is 26.9 Å². The van der Waals surface area contributed by atoms with Gasteiger partial charge in [0.05, 0.1) is 13.2 Å². The van der Waals surface area contributed by atoms with Crippen molar-refractivity contribution in [2.24, 2.45) is 0 Å². The molecule has 0 aromatic carbocycles. The summed E-state index contributed by atoms with van der Waals surface area (Å²) in [4.78, 5) is 4.29. The number of hydrogen-bond donors (Lipinski definition) is 0. The third-order valence-corrected chi connectivity index (χ3v) is 4.86. The molecule has 0 amide bonds. The first-order valence-corrected chi connectivity index (χ1v) is 13.5. The van der Waals surface area contributed by atoms with E-state index >= 15 is 0 Å². The average molecular weight is 540 g/mol.